The predicted octanol–water partition coefficient (Wildman–Crippen LogP) is 39.0. The van der Waals surface area contributed by atoms with Crippen molar-refractivity contribution in [2.75, 3.05) is 0 Å². The van der Waals surface area contributed by atoms with Gasteiger partial charge in [-0.05, 0) is 291 Å². The lowest BCUT2D eigenvalue weighted by atomic mass is 9.81. The van der Waals surface area contributed by atoms with E-state index >= 15 is 0 Å². The highest BCUT2D eigenvalue weighted by molar-refractivity contribution is 7.26. The summed E-state index contributed by atoms with van der Waals surface area (Å²) >= 11 is 1.88. The Hall–Kier alpha value is -16.6. The van der Waals surface area contributed by atoms with Gasteiger partial charge in [0.2, 0.25) is 0 Å². The van der Waals surface area contributed by atoms with E-state index < -0.39 is 6.04 Å². The Kier molecular flexibility index (Phi) is 17.9. The number of hydrogen-bond donors (Lipinski definition) is 0. The average Bonchev–Trinajstić information content (AvgIpc) is 1.57. The van der Waals surface area contributed by atoms with Crippen LogP contribution in [0.4, 0.5) is 0 Å². The fourth-order valence-corrected chi connectivity index (χ4v) is 21.8. The molecule has 0 saturated heterocycles. The molecule has 0 bridgehead atoms. The van der Waals surface area contributed by atoms with Crippen LogP contribution in [0.25, 0.3) is 251 Å². The number of furan rings is 2. The number of benzene rings is 23. The zero-order valence-electron chi connectivity index (χ0n) is 88.6. The van der Waals surface area contributed by atoms with Crippen LogP contribution in [0.15, 0.2) is 464 Å². The Morgan fingerprint density at radius 2 is 0.540 bits per heavy atom. The fourth-order valence-electron chi connectivity index (χ4n) is 20.7. The fraction of sp³-hybridized carbons (Fsp3) is 0.0597. The Bertz CT molecular complexity index is 9860. The minimum absolute atomic E-state index is 0.0864. The molecule has 0 amide bonds. The van der Waals surface area contributed by atoms with Crippen LogP contribution in [0.1, 0.15) is 65.0 Å². The Labute approximate surface area is 818 Å². The molecular formula is C134H96O2S. The summed E-state index contributed by atoms with van der Waals surface area (Å²) in [5.74, 6) is 0. The highest BCUT2D eigenvalue weighted by atomic mass is 32.1. The number of aryl methyl sites for hydroxylation is 4. The second kappa shape index (κ2) is 34.5. The summed E-state index contributed by atoms with van der Waals surface area (Å²) in [4.78, 5) is 0. The number of fused-ring (bicyclic) bond motifs is 15. The molecule has 2 nitrogen and oxygen atoms in total. The molecule has 650 valence electrons. The molecule has 0 unspecified atom stereocenters. The zero-order valence-corrected chi connectivity index (χ0v) is 77.4. The second-order valence-electron chi connectivity index (χ2n) is 36.7. The van der Waals surface area contributed by atoms with E-state index in [1.807, 2.05) is 114 Å². The Morgan fingerprint density at radius 3 is 1.02 bits per heavy atom. The molecule has 0 aliphatic carbocycles. The summed E-state index contributed by atoms with van der Waals surface area (Å²) in [7, 11) is 0. The summed E-state index contributed by atoms with van der Waals surface area (Å²) in [6.07, 6.45) is 0. The zero-order chi connectivity index (χ0) is 103. The van der Waals surface area contributed by atoms with Gasteiger partial charge in [-0.25, -0.2) is 0 Å². The van der Waals surface area contributed by atoms with E-state index in [0.717, 1.165) is 115 Å². The van der Waals surface area contributed by atoms with E-state index in [4.69, 9.17) is 19.8 Å². The third kappa shape index (κ3) is 14.8. The Balaban J connectivity index is 0.000000120. The smallest absolute Gasteiger partial charge is 0.136 e. The van der Waals surface area contributed by atoms with Gasteiger partial charge in [0.25, 0.3) is 0 Å². The first kappa shape index (κ1) is 71.1. The average molecular weight is 1780 g/mol. The molecule has 3 aromatic heterocycles. The van der Waals surface area contributed by atoms with Crippen LogP contribution in [-0.4, -0.2) is 0 Å². The van der Waals surface area contributed by atoms with Gasteiger partial charge in [-0.15, -0.1) is 11.3 Å². The quantitative estimate of drug-likeness (QED) is 0.121. The lowest BCUT2D eigenvalue weighted by molar-refractivity contribution is 0.591. The molecule has 26 rings (SSSR count). The molecular weight excluding hydrogens is 1670 g/mol. The van der Waals surface area contributed by atoms with E-state index in [0.29, 0.717) is 27.5 Å². The van der Waals surface area contributed by atoms with Crippen molar-refractivity contribution >= 4 is 140 Å². The number of rotatable bonds is 11. The molecule has 0 N–H and O–H groups in total. The van der Waals surface area contributed by atoms with Crippen LogP contribution in [0, 0.1) is 27.7 Å². The first-order valence-corrected chi connectivity index (χ1v) is 47.4. The van der Waals surface area contributed by atoms with Gasteiger partial charge in [-0.3, -0.25) is 0 Å². The SMILES string of the molecule is Cc1cc2c(-c3ccccc3)c3cc(C)c(C)cc3c(-c3ccc(-c4c(-c5ccccc5)ccc5sc6ccccc6c45)cc3)c2cc1C.[2H]c1c([2H])c(-c2c3ccccc3c(-c3ccccc3)c3ccccc23)c([2H])c([2H])c1-c1c([2H])c([2H])c2oc3ccccc3c2c1[2H].[2H]c1c([2H])c([2H])c(-c2c3ccccc3c(-c3ccc(-c4c(-c5ccccc5)ccc5oc6ccccc6c45)cc3)c3ccc(C(C)(C)C)cc23)c([2H])c1[2H]. The molecule has 0 saturated carbocycles. The maximum absolute atomic E-state index is 9.31. The van der Waals surface area contributed by atoms with Crippen LogP contribution in [0.5, 0.6) is 0 Å². The molecule has 0 spiro atoms. The van der Waals surface area contributed by atoms with Crippen molar-refractivity contribution in [2.45, 2.75) is 53.9 Å². The highest BCUT2D eigenvalue weighted by Gasteiger charge is 2.27. The minimum Gasteiger partial charge on any atom is -0.456 e. The first-order valence-electron chi connectivity index (χ1n) is 52.6. The minimum atomic E-state index is -0.399. The van der Waals surface area contributed by atoms with Crippen LogP contribution < -0.4 is 0 Å². The van der Waals surface area contributed by atoms with Crippen molar-refractivity contribution < 1.29 is 25.3 Å². The van der Waals surface area contributed by atoms with Gasteiger partial charge in [-0.1, -0.05) is 427 Å². The third-order valence-electron chi connectivity index (χ3n) is 27.5. The topological polar surface area (TPSA) is 26.3 Å². The van der Waals surface area contributed by atoms with Gasteiger partial charge in [0.05, 0.1) is 16.4 Å². The lowest BCUT2D eigenvalue weighted by Crippen LogP contribution is -2.10. The molecule has 0 aliphatic heterocycles. The number of thiophene rings is 1. The lowest BCUT2D eigenvalue weighted by Gasteiger charge is -2.23. The van der Waals surface area contributed by atoms with Gasteiger partial charge in [0.15, 0.2) is 0 Å². The van der Waals surface area contributed by atoms with E-state index in [1.165, 1.54) is 108 Å². The van der Waals surface area contributed by atoms with Gasteiger partial charge >= 0.3 is 0 Å². The monoisotopic (exact) mass is 1780 g/mol. The largest absolute Gasteiger partial charge is 0.456 e. The third-order valence-corrected chi connectivity index (χ3v) is 28.6. The van der Waals surface area contributed by atoms with Gasteiger partial charge < -0.3 is 8.83 Å². The van der Waals surface area contributed by atoms with Crippen LogP contribution >= 0.6 is 11.3 Å². The highest BCUT2D eigenvalue weighted by Crippen LogP contribution is 2.53. The summed E-state index contributed by atoms with van der Waals surface area (Å²) in [5.41, 5.74) is 28.4. The van der Waals surface area contributed by atoms with Crippen molar-refractivity contribution in [1.29, 1.82) is 0 Å². The van der Waals surface area contributed by atoms with Crippen molar-refractivity contribution in [2.24, 2.45) is 0 Å². The summed E-state index contributed by atoms with van der Waals surface area (Å²) < 4.78 is 122. The normalized spacial score (nSPS) is 13.0. The van der Waals surface area contributed by atoms with Crippen molar-refractivity contribution in [3.05, 3.63) is 483 Å². The first-order chi connectivity index (χ1) is 72.3. The van der Waals surface area contributed by atoms with Gasteiger partial charge in [-0.2, -0.15) is 0 Å². The molecule has 3 heterocycles. The molecule has 26 aromatic rings. The molecule has 0 fully saturated rings. The maximum atomic E-state index is 9.31. The second-order valence-corrected chi connectivity index (χ2v) is 37.8. The molecule has 0 aliphatic rings. The number of hydrogen-bond acceptors (Lipinski definition) is 3. The van der Waals surface area contributed by atoms with Crippen LogP contribution in [0.3, 0.4) is 0 Å². The van der Waals surface area contributed by atoms with E-state index in [9.17, 15) is 5.48 Å². The molecule has 23 aromatic carbocycles. The maximum Gasteiger partial charge on any atom is 0.136 e. The number of para-hydroxylation sites is 2. The summed E-state index contributed by atoms with van der Waals surface area (Å²) in [6, 6.07) is 129. The van der Waals surface area contributed by atoms with E-state index in [1.54, 1.807) is 24.3 Å². The van der Waals surface area contributed by atoms with Crippen molar-refractivity contribution in [1.82, 2.24) is 0 Å². The Morgan fingerprint density at radius 1 is 0.204 bits per heavy atom. The predicted molar refractivity (Wildman–Crippen MR) is 589 cm³/mol. The molecule has 0 atom stereocenters. The summed E-state index contributed by atoms with van der Waals surface area (Å²) in [6.45, 7) is 15.4. The standard InChI is InChI=1S/C48H36O.C48H36S.C38H24O/c1-48(2,3)35-26-27-39-41(30-35)45(32-16-8-5-9-17-32)38-19-11-10-18-37(38)44(39)33-22-24-34(25-23-33)46-36(31-14-6-4-7-15-31)28-29-43-47(46)40-20-12-13-21-42(40)49-43;1-29-25-39-41(27-31(29)3)46(42-28-32(4)30(2)26-40(42)45(39)34-15-9-6-10-16-34)35-19-21-36(22-20-35)47-37(33-13-7-5-8-14-33)23-24-44-48(47)38-17-11-12-18-43(38)49-44;1-2-10-26(11-3-1)37-30-13-4-6-15-32(30)38(33-16-7-5-14-31(33)37)27-20-18-25(19-21-27)28-22-23-36-34(24-28)29-12-8-9-17-35(29)39-36/h4-30H,1-3H3;5-28H,1-4H3;1-24H/i5D,8D,9D,16D,17D;;18D,19D,20D,21D,22D,23D,24D. The summed E-state index contributed by atoms with van der Waals surface area (Å²) in [5, 5.41) is 17.9. The van der Waals surface area contributed by atoms with Crippen LogP contribution in [-0.2, 0) is 5.41 Å². The molecule has 137 heavy (non-hydrogen) atoms. The van der Waals surface area contributed by atoms with Crippen LogP contribution in [0.2, 0.25) is 0 Å². The van der Waals surface area contributed by atoms with E-state index in [2.05, 4.69) is 303 Å². The molecule has 0 radical (unpaired) electrons. The van der Waals surface area contributed by atoms with Crippen molar-refractivity contribution in [3.8, 4) is 122 Å². The van der Waals surface area contributed by atoms with Crippen molar-refractivity contribution in [3.63, 3.8) is 0 Å². The van der Waals surface area contributed by atoms with E-state index in [-0.39, 0.29) is 99.7 Å². The van der Waals surface area contributed by atoms with Gasteiger partial charge in [0.1, 0.15) is 22.3 Å². The van der Waals surface area contributed by atoms with Gasteiger partial charge in [0, 0.05) is 47.3 Å². The molecule has 3 heteroatoms.